The Morgan fingerprint density at radius 1 is 1.25 bits per heavy atom. The fraction of sp³-hybridized carbons (Fsp3) is 1.00. The third-order valence-corrected chi connectivity index (χ3v) is 2.13. The summed E-state index contributed by atoms with van der Waals surface area (Å²) in [6, 6.07) is 0. The zero-order chi connectivity index (χ0) is 5.11. The van der Waals surface area contributed by atoms with E-state index in [2.05, 4.69) is 3.88 Å². The lowest BCUT2D eigenvalue weighted by Crippen LogP contribution is -2.33. The van der Waals surface area contributed by atoms with Crippen LogP contribution in [0, 0.1) is 0 Å². The molecular formula is C4H11AlClNO. The lowest BCUT2D eigenvalue weighted by Gasteiger charge is -2.22. The van der Waals surface area contributed by atoms with Crippen LogP contribution in [0.1, 0.15) is 0 Å². The number of hydrogen-bond acceptors (Lipinski definition) is 2. The third-order valence-electron chi connectivity index (χ3n) is 1.23. The van der Waals surface area contributed by atoms with E-state index in [1.54, 1.807) is 0 Å². The molecule has 0 aromatic carbocycles. The van der Waals surface area contributed by atoms with Gasteiger partial charge in [-0.1, -0.05) is 0 Å². The molecule has 0 amide bonds. The number of hydrogen-bond donors (Lipinski definition) is 0. The second-order valence-electron chi connectivity index (χ2n) is 1.92. The maximum absolute atomic E-state index is 5.12. The summed E-state index contributed by atoms with van der Waals surface area (Å²) >= 11 is 1.20. The Morgan fingerprint density at radius 2 is 1.75 bits per heavy atom. The molecule has 0 spiro atoms. The molecule has 4 heteroatoms. The molecular weight excluding hydrogens is 140 g/mol. The molecule has 8 heavy (non-hydrogen) atoms. The first-order valence-corrected chi connectivity index (χ1v) is 3.55. The lowest BCUT2D eigenvalue weighted by atomic mass is 10.5. The second kappa shape index (κ2) is 4.61. The van der Waals surface area contributed by atoms with Crippen molar-refractivity contribution in [3.8, 4) is 0 Å². The van der Waals surface area contributed by atoms with Crippen molar-refractivity contribution in [2.24, 2.45) is 0 Å². The highest BCUT2D eigenvalue weighted by Crippen LogP contribution is 1.88. The Balaban J connectivity index is 0.000000490. The summed E-state index contributed by atoms with van der Waals surface area (Å²) in [6.07, 6.45) is 0. The van der Waals surface area contributed by atoms with Crippen LogP contribution in [0.5, 0.6) is 0 Å². The van der Waals surface area contributed by atoms with Crippen LogP contribution < -0.4 is 0 Å². The zero-order valence-corrected chi connectivity index (χ0v) is 7.91. The SMILES string of the molecule is Cl.[AlH2][N]1CCOCC1. The molecule has 2 nitrogen and oxygen atoms in total. The third kappa shape index (κ3) is 2.91. The van der Waals surface area contributed by atoms with Crippen LogP contribution in [0.2, 0.25) is 0 Å². The van der Waals surface area contributed by atoms with Crippen molar-refractivity contribution >= 4 is 28.9 Å². The molecule has 0 bridgehead atoms. The topological polar surface area (TPSA) is 12.5 Å². The van der Waals surface area contributed by atoms with Crippen LogP contribution in [0.3, 0.4) is 0 Å². The summed E-state index contributed by atoms with van der Waals surface area (Å²) in [6.45, 7) is 4.21. The van der Waals surface area contributed by atoms with E-state index in [9.17, 15) is 0 Å². The molecule has 0 aromatic rings. The summed E-state index contributed by atoms with van der Waals surface area (Å²) < 4.78 is 7.53. The molecule has 0 saturated carbocycles. The van der Waals surface area contributed by atoms with E-state index < -0.39 is 0 Å². The molecule has 1 rings (SSSR count). The minimum absolute atomic E-state index is 0. The van der Waals surface area contributed by atoms with Crippen molar-refractivity contribution in [3.05, 3.63) is 0 Å². The molecule has 1 heterocycles. The number of rotatable bonds is 0. The highest BCUT2D eigenvalue weighted by Gasteiger charge is 2.01. The summed E-state index contributed by atoms with van der Waals surface area (Å²) in [5.41, 5.74) is 0. The summed E-state index contributed by atoms with van der Waals surface area (Å²) in [5, 5.41) is 0. The van der Waals surface area contributed by atoms with E-state index in [0.717, 1.165) is 26.3 Å². The fourth-order valence-corrected chi connectivity index (χ4v) is 1.02. The van der Waals surface area contributed by atoms with Crippen molar-refractivity contribution < 1.29 is 4.74 Å². The minimum Gasteiger partial charge on any atom is -0.387 e. The molecule has 0 aromatic heterocycles. The lowest BCUT2D eigenvalue weighted by molar-refractivity contribution is 0.0739. The van der Waals surface area contributed by atoms with Crippen molar-refractivity contribution in [1.29, 1.82) is 0 Å². The van der Waals surface area contributed by atoms with E-state index in [-0.39, 0.29) is 12.4 Å². The van der Waals surface area contributed by atoms with Crippen LogP contribution in [0.4, 0.5) is 0 Å². The van der Waals surface area contributed by atoms with Crippen molar-refractivity contribution in [2.75, 3.05) is 26.3 Å². The van der Waals surface area contributed by atoms with Crippen molar-refractivity contribution in [2.45, 2.75) is 0 Å². The minimum atomic E-state index is 0. The molecule has 1 fully saturated rings. The predicted octanol–water partition coefficient (Wildman–Crippen LogP) is -0.712. The molecule has 0 radical (unpaired) electrons. The average molecular weight is 152 g/mol. The first-order valence-electron chi connectivity index (χ1n) is 2.66. The Labute approximate surface area is 64.2 Å². The van der Waals surface area contributed by atoms with E-state index in [1.165, 1.54) is 16.5 Å². The van der Waals surface area contributed by atoms with E-state index >= 15 is 0 Å². The highest BCUT2D eigenvalue weighted by molar-refractivity contribution is 6.04. The second-order valence-corrected chi connectivity index (χ2v) is 3.18. The smallest absolute Gasteiger partial charge is 0.322 e. The van der Waals surface area contributed by atoms with Crippen LogP contribution in [-0.2, 0) is 4.74 Å². The van der Waals surface area contributed by atoms with Crippen LogP contribution in [-0.4, -0.2) is 46.7 Å². The molecule has 0 atom stereocenters. The molecule has 1 aliphatic heterocycles. The first kappa shape index (κ1) is 8.74. The van der Waals surface area contributed by atoms with Gasteiger partial charge in [-0.3, -0.25) is 0 Å². The van der Waals surface area contributed by atoms with Gasteiger partial charge in [0.25, 0.3) is 0 Å². The first-order chi connectivity index (χ1) is 3.39. The Kier molecular flexibility index (Phi) is 5.03. The van der Waals surface area contributed by atoms with Gasteiger partial charge < -0.3 is 8.62 Å². The van der Waals surface area contributed by atoms with Crippen LogP contribution in [0.15, 0.2) is 0 Å². The number of morpholine rings is 1. The van der Waals surface area contributed by atoms with E-state index in [4.69, 9.17) is 4.74 Å². The molecule has 1 aliphatic rings. The maximum Gasteiger partial charge on any atom is 0.322 e. The molecule has 1 saturated heterocycles. The molecule has 48 valence electrons. The summed E-state index contributed by atoms with van der Waals surface area (Å²) in [5.74, 6) is 0. The molecule has 0 N–H and O–H groups in total. The van der Waals surface area contributed by atoms with Gasteiger partial charge in [0, 0.05) is 13.1 Å². The van der Waals surface area contributed by atoms with Gasteiger partial charge in [0.05, 0.1) is 13.2 Å². The molecule has 0 unspecified atom stereocenters. The van der Waals surface area contributed by atoms with Crippen LogP contribution in [0.25, 0.3) is 0 Å². The number of nitrogens with zero attached hydrogens (tertiary/aromatic N) is 1. The summed E-state index contributed by atoms with van der Waals surface area (Å²) in [4.78, 5) is 0. The van der Waals surface area contributed by atoms with Gasteiger partial charge in [0.2, 0.25) is 0 Å². The number of ether oxygens (including phenoxy) is 1. The van der Waals surface area contributed by atoms with Crippen LogP contribution >= 0.6 is 12.4 Å². The predicted molar refractivity (Wildman–Crippen MR) is 38.2 cm³/mol. The van der Waals surface area contributed by atoms with Crippen molar-refractivity contribution in [3.63, 3.8) is 0 Å². The van der Waals surface area contributed by atoms with Gasteiger partial charge >= 0.3 is 16.5 Å². The highest BCUT2D eigenvalue weighted by atomic mass is 35.5. The van der Waals surface area contributed by atoms with Gasteiger partial charge in [-0.05, 0) is 0 Å². The maximum atomic E-state index is 5.12. The van der Waals surface area contributed by atoms with Gasteiger partial charge in [0.1, 0.15) is 0 Å². The average Bonchev–Trinajstić information content (AvgIpc) is 1.69. The van der Waals surface area contributed by atoms with Gasteiger partial charge in [-0.2, -0.15) is 0 Å². The van der Waals surface area contributed by atoms with Gasteiger partial charge in [0.15, 0.2) is 0 Å². The Bertz CT molecular complexity index is 58.0. The van der Waals surface area contributed by atoms with Crippen molar-refractivity contribution in [1.82, 2.24) is 3.88 Å². The van der Waals surface area contributed by atoms with Gasteiger partial charge in [-0.15, -0.1) is 12.4 Å². The monoisotopic (exact) mass is 151 g/mol. The Morgan fingerprint density at radius 3 is 2.00 bits per heavy atom. The quantitative estimate of drug-likeness (QED) is 0.424. The normalized spacial score (nSPS) is 22.0. The van der Waals surface area contributed by atoms with E-state index in [0.29, 0.717) is 0 Å². The number of halogens is 1. The summed E-state index contributed by atoms with van der Waals surface area (Å²) in [7, 11) is 0. The van der Waals surface area contributed by atoms with Gasteiger partial charge in [-0.25, -0.2) is 0 Å². The molecule has 0 aliphatic carbocycles. The largest absolute Gasteiger partial charge is 0.387 e. The van der Waals surface area contributed by atoms with E-state index in [1.807, 2.05) is 0 Å². The fourth-order valence-electron chi connectivity index (χ4n) is 0.655. The standard InChI is InChI=1S/C4H8NO.Al.ClH.2H/c1-3-6-4-2-5-1;;;;/h1-4H2;;1H;;/q-1;+1;;;. The Hall–Kier alpha value is 0.742. The zero-order valence-electron chi connectivity index (χ0n) is 5.09.